The molecule has 0 aliphatic heterocycles. The van der Waals surface area contributed by atoms with Crippen LogP contribution in [0.5, 0.6) is 5.75 Å². The second kappa shape index (κ2) is 13.4. The first-order valence-corrected chi connectivity index (χ1v) is 14.0. The van der Waals surface area contributed by atoms with Gasteiger partial charge in [-0.15, -0.1) is 24.5 Å². The van der Waals surface area contributed by atoms with Gasteiger partial charge < -0.3 is 20.7 Å². The fourth-order valence-corrected chi connectivity index (χ4v) is 4.83. The summed E-state index contributed by atoms with van der Waals surface area (Å²) in [4.78, 5) is 29.7. The van der Waals surface area contributed by atoms with Gasteiger partial charge in [-0.3, -0.25) is 4.57 Å². The van der Waals surface area contributed by atoms with Gasteiger partial charge in [0, 0.05) is 29.5 Å². The maximum absolute atomic E-state index is 12.6. The number of hydrogen-bond donors (Lipinski definition) is 3. The number of amides is 4. The van der Waals surface area contributed by atoms with E-state index >= 15 is 0 Å². The van der Waals surface area contributed by atoms with Crippen LogP contribution in [0.25, 0.3) is 5.69 Å². The third-order valence-corrected chi connectivity index (χ3v) is 6.86. The number of benzene rings is 3. The minimum Gasteiger partial charge on any atom is -0.406 e. The highest BCUT2D eigenvalue weighted by Gasteiger charge is 2.31. The van der Waals surface area contributed by atoms with Crippen LogP contribution in [0.1, 0.15) is 36.5 Å². The first-order chi connectivity index (χ1) is 20.0. The summed E-state index contributed by atoms with van der Waals surface area (Å²) in [6.07, 6.45) is -2.32. The quantitative estimate of drug-likeness (QED) is 0.198. The lowest BCUT2D eigenvalue weighted by Crippen LogP contribution is -2.26. The number of aromatic nitrogens is 1. The molecule has 12 heteroatoms. The van der Waals surface area contributed by atoms with Crippen LogP contribution in [-0.4, -0.2) is 29.5 Å². The highest BCUT2D eigenvalue weighted by atomic mass is 32.1. The third-order valence-electron chi connectivity index (χ3n) is 6.10. The number of rotatable bonds is 8. The molecule has 3 aromatic carbocycles. The summed E-state index contributed by atoms with van der Waals surface area (Å²) >= 11 is 1.39. The van der Waals surface area contributed by atoms with Crippen LogP contribution in [-0.2, 0) is 6.42 Å². The highest BCUT2D eigenvalue weighted by Crippen LogP contribution is 2.25. The summed E-state index contributed by atoms with van der Waals surface area (Å²) in [5.41, 5.74) is 5.06. The molecular weight excluding hydrogens is 567 g/mol. The number of carbonyl (C=O) groups excluding carboxylic acids is 2. The molecule has 0 fully saturated rings. The zero-order valence-corrected chi connectivity index (χ0v) is 24.0. The summed E-state index contributed by atoms with van der Waals surface area (Å²) in [6.45, 7) is 6.66. The van der Waals surface area contributed by atoms with Crippen LogP contribution in [0.2, 0.25) is 0 Å². The number of halogens is 3. The van der Waals surface area contributed by atoms with Crippen molar-refractivity contribution in [2.45, 2.75) is 39.5 Å². The Hall–Kier alpha value is -4.58. The van der Waals surface area contributed by atoms with E-state index in [1.165, 1.54) is 29.0 Å². The van der Waals surface area contributed by atoms with Gasteiger partial charge in [-0.25, -0.2) is 9.59 Å². The van der Waals surface area contributed by atoms with Crippen LogP contribution < -0.4 is 25.5 Å². The van der Waals surface area contributed by atoms with Gasteiger partial charge in [-0.2, -0.15) is 4.99 Å². The molecule has 0 aliphatic rings. The lowest BCUT2D eigenvalue weighted by molar-refractivity contribution is -0.274. The first-order valence-electron chi connectivity index (χ1n) is 13.1. The zero-order valence-electron chi connectivity index (χ0n) is 23.2. The molecule has 0 saturated carbocycles. The lowest BCUT2D eigenvalue weighted by atomic mass is 9.99. The number of nitrogens with zero attached hydrogens (tertiary/aromatic N) is 2. The molecule has 4 aromatic rings. The summed E-state index contributed by atoms with van der Waals surface area (Å²) in [6, 6.07) is 17.2. The van der Waals surface area contributed by atoms with Crippen molar-refractivity contribution in [1.82, 2.24) is 9.88 Å². The van der Waals surface area contributed by atoms with Crippen molar-refractivity contribution in [1.29, 1.82) is 0 Å². The van der Waals surface area contributed by atoms with Crippen LogP contribution in [0.3, 0.4) is 0 Å². The van der Waals surface area contributed by atoms with E-state index in [0.29, 0.717) is 35.1 Å². The number of hydrogen-bond acceptors (Lipinski definition) is 4. The number of ether oxygens (including phenoxy) is 1. The summed E-state index contributed by atoms with van der Waals surface area (Å²) < 4.78 is 42.6. The molecule has 8 nitrogen and oxygen atoms in total. The zero-order chi connectivity index (χ0) is 30.3. The smallest absolute Gasteiger partial charge is 0.406 e. The Kier molecular flexibility index (Phi) is 9.68. The van der Waals surface area contributed by atoms with E-state index in [-0.39, 0.29) is 5.75 Å². The minimum absolute atomic E-state index is 0.298. The molecule has 0 bridgehead atoms. The largest absolute Gasteiger partial charge is 0.573 e. The Labute approximate surface area is 244 Å². The van der Waals surface area contributed by atoms with Gasteiger partial charge in [0.2, 0.25) is 0 Å². The van der Waals surface area contributed by atoms with Gasteiger partial charge in [-0.05, 0) is 78.4 Å². The molecule has 0 saturated heterocycles. The van der Waals surface area contributed by atoms with E-state index in [9.17, 15) is 22.8 Å². The number of thiazole rings is 1. The predicted molar refractivity (Wildman–Crippen MR) is 157 cm³/mol. The van der Waals surface area contributed by atoms with E-state index in [4.69, 9.17) is 0 Å². The van der Waals surface area contributed by atoms with E-state index in [2.05, 4.69) is 57.7 Å². The Balaban J connectivity index is 1.28. The molecule has 1 aromatic heterocycles. The molecule has 4 rings (SSSR count). The Bertz CT molecular complexity index is 1590. The summed E-state index contributed by atoms with van der Waals surface area (Å²) in [5, 5.41) is 9.92. The van der Waals surface area contributed by atoms with Crippen LogP contribution in [0.15, 0.2) is 83.3 Å². The summed E-state index contributed by atoms with van der Waals surface area (Å²) in [7, 11) is 0. The number of alkyl halides is 3. The molecule has 0 spiro atoms. The molecular formula is C30H30F3N5O3S. The molecule has 4 amide bonds. The van der Waals surface area contributed by atoms with E-state index in [1.54, 1.807) is 12.1 Å². The molecule has 220 valence electrons. The van der Waals surface area contributed by atoms with Gasteiger partial charge >= 0.3 is 18.4 Å². The standard InChI is InChI=1S/C30H30F3N5O3S/c1-19(2)25-13-4-20(3)18-26(25)38-16-17-42-29(38)37-27(39)34-15-14-21-5-7-22(8-6-21)35-28(40)36-23-9-11-24(12-10-23)41-30(31,32)33/h4-13,16-19H,14-15H2,1-3H3,(H,34,39)(H2,35,36,40). The van der Waals surface area contributed by atoms with Gasteiger partial charge in [-0.1, -0.05) is 38.1 Å². The third kappa shape index (κ3) is 8.71. The van der Waals surface area contributed by atoms with Gasteiger partial charge in [0.15, 0.2) is 4.80 Å². The van der Waals surface area contributed by atoms with Gasteiger partial charge in [0.1, 0.15) is 5.75 Å². The van der Waals surface area contributed by atoms with Gasteiger partial charge in [0.25, 0.3) is 0 Å². The molecule has 0 unspecified atom stereocenters. The van der Waals surface area contributed by atoms with Crippen molar-refractivity contribution < 1.29 is 27.5 Å². The second-order valence-corrected chi connectivity index (χ2v) is 10.6. The average molecular weight is 598 g/mol. The number of aryl methyl sites for hydroxylation is 1. The van der Waals surface area contributed by atoms with Crippen LogP contribution in [0, 0.1) is 6.92 Å². The number of nitrogens with one attached hydrogen (secondary N) is 3. The molecule has 0 aliphatic carbocycles. The topological polar surface area (TPSA) is 96.8 Å². The SMILES string of the molecule is Cc1ccc(C(C)C)c(-n2ccsc2=NC(=O)NCCc2ccc(NC(=O)Nc3ccc(OC(F)(F)F)cc3)cc2)c1. The monoisotopic (exact) mass is 597 g/mol. The molecule has 1 heterocycles. The van der Waals surface area contributed by atoms with Crippen molar-refractivity contribution in [3.8, 4) is 11.4 Å². The van der Waals surface area contributed by atoms with Crippen molar-refractivity contribution in [3.63, 3.8) is 0 Å². The minimum atomic E-state index is -4.79. The van der Waals surface area contributed by atoms with Crippen molar-refractivity contribution in [2.24, 2.45) is 4.99 Å². The van der Waals surface area contributed by atoms with Crippen molar-refractivity contribution >= 4 is 34.8 Å². The van der Waals surface area contributed by atoms with E-state index in [0.717, 1.165) is 28.9 Å². The molecule has 0 atom stereocenters. The maximum atomic E-state index is 12.6. The molecule has 3 N–H and O–H groups in total. The Morgan fingerprint density at radius 3 is 2.24 bits per heavy atom. The first kappa shape index (κ1) is 30.4. The molecule has 0 radical (unpaired) electrons. The highest BCUT2D eigenvalue weighted by molar-refractivity contribution is 7.07. The number of carbonyl (C=O) groups is 2. The normalized spacial score (nSPS) is 11.8. The van der Waals surface area contributed by atoms with E-state index < -0.39 is 18.4 Å². The lowest BCUT2D eigenvalue weighted by Gasteiger charge is -2.14. The van der Waals surface area contributed by atoms with Crippen molar-refractivity contribution in [3.05, 3.63) is 99.8 Å². The Morgan fingerprint density at radius 2 is 1.62 bits per heavy atom. The van der Waals surface area contributed by atoms with Crippen molar-refractivity contribution in [2.75, 3.05) is 17.2 Å². The Morgan fingerprint density at radius 1 is 0.976 bits per heavy atom. The molecule has 42 heavy (non-hydrogen) atoms. The number of anilines is 2. The number of urea groups is 2. The predicted octanol–water partition coefficient (Wildman–Crippen LogP) is 7.37. The fraction of sp³-hybridized carbons (Fsp3) is 0.233. The van der Waals surface area contributed by atoms with Crippen LogP contribution >= 0.6 is 11.3 Å². The van der Waals surface area contributed by atoms with E-state index in [1.807, 2.05) is 35.2 Å². The average Bonchev–Trinajstić information content (AvgIpc) is 3.37. The fourth-order valence-electron chi connectivity index (χ4n) is 4.12. The van der Waals surface area contributed by atoms with Crippen LogP contribution in [0.4, 0.5) is 34.1 Å². The second-order valence-electron chi connectivity index (χ2n) is 9.71. The maximum Gasteiger partial charge on any atom is 0.573 e. The van der Waals surface area contributed by atoms with Gasteiger partial charge in [0.05, 0.1) is 5.69 Å². The summed E-state index contributed by atoms with van der Waals surface area (Å²) in [5.74, 6) is -0.0697.